The van der Waals surface area contributed by atoms with Crippen molar-refractivity contribution < 1.29 is 32.5 Å². The van der Waals surface area contributed by atoms with Crippen LogP contribution in [0.2, 0.25) is 0 Å². The molecule has 2 aliphatic heterocycles. The van der Waals surface area contributed by atoms with Gasteiger partial charge in [0.15, 0.2) is 0 Å². The highest BCUT2D eigenvalue weighted by atomic mass is 19.4. The molecular formula is C23H25F3N2O4. The third kappa shape index (κ3) is 5.06. The second kappa shape index (κ2) is 9.09. The van der Waals surface area contributed by atoms with Gasteiger partial charge in [0, 0.05) is 38.3 Å². The Labute approximate surface area is 184 Å². The van der Waals surface area contributed by atoms with Crippen LogP contribution in [0.15, 0.2) is 48.5 Å². The highest BCUT2D eigenvalue weighted by molar-refractivity contribution is 5.94. The lowest BCUT2D eigenvalue weighted by Crippen LogP contribution is -2.49. The standard InChI is InChI=1S/C23H25F3N2O4/c24-23(25,26)19-5-7-20(8-6-19)32-14-13-27-9-11-28(12-10-27)21(29)17-1-3-18(4-2-17)22(30)15-31-16-22/h1-8,30H,9-16H2. The molecule has 0 bridgehead atoms. The maximum atomic E-state index is 12.8. The SMILES string of the molecule is O=C(c1ccc(C2(O)COC2)cc1)N1CCN(CCOc2ccc(C(F)(F)F)cc2)CC1. The number of nitrogens with zero attached hydrogens (tertiary/aromatic N) is 2. The van der Waals surface area contributed by atoms with Crippen LogP contribution in [0.3, 0.4) is 0 Å². The molecule has 0 saturated carbocycles. The molecule has 2 heterocycles. The fourth-order valence-electron chi connectivity index (χ4n) is 3.78. The summed E-state index contributed by atoms with van der Waals surface area (Å²) in [6.07, 6.45) is -4.36. The first kappa shape index (κ1) is 22.6. The lowest BCUT2D eigenvalue weighted by Gasteiger charge is -2.37. The minimum atomic E-state index is -4.36. The summed E-state index contributed by atoms with van der Waals surface area (Å²) in [5.74, 6) is 0.349. The number of rotatable bonds is 6. The van der Waals surface area contributed by atoms with Gasteiger partial charge in [-0.05, 0) is 42.0 Å². The molecule has 1 amide bonds. The first-order valence-electron chi connectivity index (χ1n) is 10.5. The second-order valence-electron chi connectivity index (χ2n) is 8.11. The van der Waals surface area contributed by atoms with Crippen molar-refractivity contribution in [3.63, 3.8) is 0 Å². The van der Waals surface area contributed by atoms with Gasteiger partial charge >= 0.3 is 6.18 Å². The Morgan fingerprint density at radius 2 is 1.62 bits per heavy atom. The number of ether oxygens (including phenoxy) is 2. The summed E-state index contributed by atoms with van der Waals surface area (Å²) in [4.78, 5) is 16.7. The molecule has 6 nitrogen and oxygen atoms in total. The molecule has 172 valence electrons. The summed E-state index contributed by atoms with van der Waals surface area (Å²) in [6.45, 7) is 4.06. The molecule has 2 fully saturated rings. The Hall–Kier alpha value is -2.62. The Bertz CT molecular complexity index is 920. The van der Waals surface area contributed by atoms with Gasteiger partial charge in [0.2, 0.25) is 0 Å². The van der Waals surface area contributed by atoms with E-state index in [9.17, 15) is 23.1 Å². The highest BCUT2D eigenvalue weighted by Gasteiger charge is 2.38. The lowest BCUT2D eigenvalue weighted by atomic mass is 9.91. The zero-order valence-electron chi connectivity index (χ0n) is 17.5. The van der Waals surface area contributed by atoms with Crippen LogP contribution >= 0.6 is 0 Å². The fraction of sp³-hybridized carbons (Fsp3) is 0.435. The molecule has 1 N–H and O–H groups in total. The predicted octanol–water partition coefficient (Wildman–Crippen LogP) is 2.76. The Kier molecular flexibility index (Phi) is 6.41. The van der Waals surface area contributed by atoms with Gasteiger partial charge in [-0.3, -0.25) is 9.69 Å². The van der Waals surface area contributed by atoms with Gasteiger partial charge in [-0.1, -0.05) is 12.1 Å². The maximum absolute atomic E-state index is 12.8. The number of carbonyl (C=O) groups excluding carboxylic acids is 1. The van der Waals surface area contributed by atoms with E-state index in [4.69, 9.17) is 9.47 Å². The van der Waals surface area contributed by atoms with E-state index in [0.29, 0.717) is 50.6 Å². The number of amides is 1. The molecule has 2 saturated heterocycles. The molecule has 0 aliphatic carbocycles. The topological polar surface area (TPSA) is 62.2 Å². The second-order valence-corrected chi connectivity index (χ2v) is 8.11. The summed E-state index contributed by atoms with van der Waals surface area (Å²) < 4.78 is 48.4. The van der Waals surface area contributed by atoms with Gasteiger partial charge in [0.25, 0.3) is 5.91 Å². The summed E-state index contributed by atoms with van der Waals surface area (Å²) in [7, 11) is 0. The average molecular weight is 450 g/mol. The van der Waals surface area contributed by atoms with Crippen LogP contribution in [0.1, 0.15) is 21.5 Å². The normalized spacial score (nSPS) is 18.8. The third-order valence-electron chi connectivity index (χ3n) is 5.87. The van der Waals surface area contributed by atoms with Crippen molar-refractivity contribution in [2.75, 3.05) is 52.5 Å². The van der Waals surface area contributed by atoms with E-state index in [-0.39, 0.29) is 19.1 Å². The van der Waals surface area contributed by atoms with Crippen molar-refractivity contribution in [1.29, 1.82) is 0 Å². The number of halogens is 3. The van der Waals surface area contributed by atoms with Gasteiger partial charge < -0.3 is 19.5 Å². The van der Waals surface area contributed by atoms with Crippen LogP contribution in [-0.2, 0) is 16.5 Å². The number of piperazine rings is 1. The summed E-state index contributed by atoms with van der Waals surface area (Å²) in [6, 6.07) is 11.7. The number of hydrogen-bond donors (Lipinski definition) is 1. The highest BCUT2D eigenvalue weighted by Crippen LogP contribution is 2.30. The zero-order valence-corrected chi connectivity index (χ0v) is 17.5. The van der Waals surface area contributed by atoms with Gasteiger partial charge in [0.1, 0.15) is 18.0 Å². The van der Waals surface area contributed by atoms with Crippen LogP contribution in [0.5, 0.6) is 5.75 Å². The van der Waals surface area contributed by atoms with Crippen molar-refractivity contribution in [2.24, 2.45) is 0 Å². The summed E-state index contributed by atoms with van der Waals surface area (Å²) in [5.41, 5.74) is -0.321. The summed E-state index contributed by atoms with van der Waals surface area (Å²) in [5, 5.41) is 10.3. The molecule has 0 aromatic heterocycles. The lowest BCUT2D eigenvalue weighted by molar-refractivity contribution is -0.184. The van der Waals surface area contributed by atoms with Crippen molar-refractivity contribution in [3.05, 3.63) is 65.2 Å². The van der Waals surface area contributed by atoms with E-state index in [2.05, 4.69) is 4.90 Å². The number of hydrogen-bond acceptors (Lipinski definition) is 5. The number of benzene rings is 2. The van der Waals surface area contributed by atoms with E-state index in [0.717, 1.165) is 17.7 Å². The first-order valence-corrected chi connectivity index (χ1v) is 10.5. The van der Waals surface area contributed by atoms with Gasteiger partial charge in [-0.25, -0.2) is 0 Å². The Morgan fingerprint density at radius 3 is 2.16 bits per heavy atom. The maximum Gasteiger partial charge on any atom is 0.416 e. The van der Waals surface area contributed by atoms with Crippen LogP contribution in [0, 0.1) is 0 Å². The van der Waals surface area contributed by atoms with Gasteiger partial charge in [-0.15, -0.1) is 0 Å². The van der Waals surface area contributed by atoms with Gasteiger partial charge in [0.05, 0.1) is 18.8 Å². The largest absolute Gasteiger partial charge is 0.492 e. The van der Waals surface area contributed by atoms with Gasteiger partial charge in [-0.2, -0.15) is 13.2 Å². The van der Waals surface area contributed by atoms with E-state index in [1.165, 1.54) is 12.1 Å². The third-order valence-corrected chi connectivity index (χ3v) is 5.87. The van der Waals surface area contributed by atoms with Crippen LogP contribution in [0.4, 0.5) is 13.2 Å². The molecule has 2 aromatic carbocycles. The molecule has 2 aliphatic rings. The first-order chi connectivity index (χ1) is 15.2. The van der Waals surface area contributed by atoms with E-state index in [1.807, 2.05) is 0 Å². The summed E-state index contributed by atoms with van der Waals surface area (Å²) >= 11 is 0. The van der Waals surface area contributed by atoms with E-state index in [1.54, 1.807) is 29.2 Å². The molecular weight excluding hydrogens is 425 g/mol. The molecule has 2 aromatic rings. The number of alkyl halides is 3. The van der Waals surface area contributed by atoms with Crippen LogP contribution in [0.25, 0.3) is 0 Å². The molecule has 0 radical (unpaired) electrons. The molecule has 0 atom stereocenters. The van der Waals surface area contributed by atoms with Crippen molar-refractivity contribution in [2.45, 2.75) is 11.8 Å². The van der Waals surface area contributed by atoms with E-state index >= 15 is 0 Å². The molecule has 0 unspecified atom stereocenters. The fourth-order valence-corrected chi connectivity index (χ4v) is 3.78. The number of carbonyl (C=O) groups is 1. The monoisotopic (exact) mass is 450 g/mol. The average Bonchev–Trinajstić information content (AvgIpc) is 2.77. The minimum absolute atomic E-state index is 0.0472. The van der Waals surface area contributed by atoms with Crippen molar-refractivity contribution in [1.82, 2.24) is 9.80 Å². The molecule has 32 heavy (non-hydrogen) atoms. The Morgan fingerprint density at radius 1 is 1.00 bits per heavy atom. The predicted molar refractivity (Wildman–Crippen MR) is 110 cm³/mol. The number of aliphatic hydroxyl groups is 1. The molecule has 4 rings (SSSR count). The molecule has 0 spiro atoms. The molecule has 9 heteroatoms. The van der Waals surface area contributed by atoms with Crippen LogP contribution < -0.4 is 4.74 Å². The minimum Gasteiger partial charge on any atom is -0.492 e. The Balaban J connectivity index is 1.20. The van der Waals surface area contributed by atoms with E-state index < -0.39 is 17.3 Å². The quantitative estimate of drug-likeness (QED) is 0.734. The van der Waals surface area contributed by atoms with Crippen molar-refractivity contribution in [3.8, 4) is 5.75 Å². The van der Waals surface area contributed by atoms with Crippen molar-refractivity contribution >= 4 is 5.91 Å². The smallest absolute Gasteiger partial charge is 0.416 e. The zero-order chi connectivity index (χ0) is 22.8. The van der Waals surface area contributed by atoms with Crippen LogP contribution in [-0.4, -0.2) is 73.4 Å².